The van der Waals surface area contributed by atoms with Crippen LogP contribution in [0.25, 0.3) is 0 Å². The molecule has 0 spiro atoms. The first-order valence-electron chi connectivity index (χ1n) is 10.3. The predicted octanol–water partition coefficient (Wildman–Crippen LogP) is 5.43. The molecule has 0 N–H and O–H groups in total. The number of ether oxygens (including phenoxy) is 1. The van der Waals surface area contributed by atoms with Crippen LogP contribution in [0.2, 0.25) is 0 Å². The Morgan fingerprint density at radius 2 is 1.32 bits per heavy atom. The predicted molar refractivity (Wildman–Crippen MR) is 132 cm³/mol. The summed E-state index contributed by atoms with van der Waals surface area (Å²) in [7, 11) is 1.29. The monoisotopic (exact) mass is 478 g/mol. The smallest absolute Gasteiger partial charge is 0.344 e. The van der Waals surface area contributed by atoms with E-state index >= 15 is 0 Å². The highest BCUT2D eigenvalue weighted by atomic mass is 32.2. The highest BCUT2D eigenvalue weighted by Crippen LogP contribution is 2.23. The third kappa shape index (κ3) is 5.87. The number of esters is 1. The molecule has 0 saturated heterocycles. The van der Waals surface area contributed by atoms with Gasteiger partial charge in [-0.05, 0) is 74.2 Å². The SMILES string of the molecule is C=C(OC(=O)c1ccc(N=Nc2ccc(N(C)C)cc2)cc1)N(C)S(=O)(=O)c1ccc(C)cc1. The highest BCUT2D eigenvalue weighted by molar-refractivity contribution is 7.89. The summed E-state index contributed by atoms with van der Waals surface area (Å²) >= 11 is 0. The maximum Gasteiger partial charge on any atom is 0.344 e. The summed E-state index contributed by atoms with van der Waals surface area (Å²) in [5, 5.41) is 8.35. The summed E-state index contributed by atoms with van der Waals surface area (Å²) in [4.78, 5) is 14.5. The van der Waals surface area contributed by atoms with E-state index in [1.165, 1.54) is 31.3 Å². The van der Waals surface area contributed by atoms with E-state index in [1.54, 1.807) is 24.3 Å². The summed E-state index contributed by atoms with van der Waals surface area (Å²) in [6, 6.07) is 20.2. The zero-order valence-electron chi connectivity index (χ0n) is 19.5. The molecule has 9 heteroatoms. The van der Waals surface area contributed by atoms with Crippen LogP contribution in [0, 0.1) is 6.92 Å². The second kappa shape index (κ2) is 10.3. The molecule has 176 valence electrons. The molecule has 0 atom stereocenters. The summed E-state index contributed by atoms with van der Waals surface area (Å²) in [6.45, 7) is 5.45. The minimum Gasteiger partial charge on any atom is -0.406 e. The maximum atomic E-state index is 12.7. The number of azo groups is 1. The number of anilines is 1. The van der Waals surface area contributed by atoms with Gasteiger partial charge < -0.3 is 9.64 Å². The van der Waals surface area contributed by atoms with Gasteiger partial charge in [-0.25, -0.2) is 17.5 Å². The molecule has 3 aromatic rings. The van der Waals surface area contributed by atoms with Gasteiger partial charge in [0.25, 0.3) is 10.0 Å². The van der Waals surface area contributed by atoms with Crippen molar-refractivity contribution in [1.82, 2.24) is 4.31 Å². The first kappa shape index (κ1) is 24.7. The minimum atomic E-state index is -3.90. The lowest BCUT2D eigenvalue weighted by Crippen LogP contribution is -2.28. The lowest BCUT2D eigenvalue weighted by molar-refractivity contribution is 0.0571. The van der Waals surface area contributed by atoms with Crippen molar-refractivity contribution in [3.63, 3.8) is 0 Å². The fourth-order valence-corrected chi connectivity index (χ4v) is 3.93. The van der Waals surface area contributed by atoms with Crippen molar-refractivity contribution < 1.29 is 17.9 Å². The van der Waals surface area contributed by atoms with Crippen LogP contribution in [-0.4, -0.2) is 39.8 Å². The Hall–Kier alpha value is -3.98. The largest absolute Gasteiger partial charge is 0.406 e. The Morgan fingerprint density at radius 3 is 1.82 bits per heavy atom. The van der Waals surface area contributed by atoms with Crippen molar-refractivity contribution in [2.75, 3.05) is 26.0 Å². The fraction of sp³-hybridized carbons (Fsp3) is 0.160. The van der Waals surface area contributed by atoms with Crippen molar-refractivity contribution in [2.24, 2.45) is 10.2 Å². The first-order chi connectivity index (χ1) is 16.1. The Balaban J connectivity index is 1.63. The minimum absolute atomic E-state index is 0.0730. The van der Waals surface area contributed by atoms with Crippen molar-refractivity contribution in [3.05, 3.63) is 96.4 Å². The van der Waals surface area contributed by atoms with E-state index in [9.17, 15) is 13.2 Å². The molecule has 0 aliphatic carbocycles. The molecular formula is C25H26N4O4S. The van der Waals surface area contributed by atoms with Crippen LogP contribution >= 0.6 is 0 Å². The van der Waals surface area contributed by atoms with E-state index in [4.69, 9.17) is 4.74 Å². The van der Waals surface area contributed by atoms with E-state index in [1.807, 2.05) is 50.2 Å². The molecule has 0 aliphatic heterocycles. The van der Waals surface area contributed by atoms with Gasteiger partial charge in [0, 0.05) is 26.8 Å². The van der Waals surface area contributed by atoms with Gasteiger partial charge in [-0.2, -0.15) is 10.2 Å². The zero-order chi connectivity index (χ0) is 24.9. The summed E-state index contributed by atoms with van der Waals surface area (Å²) in [6.07, 6.45) is 0. The number of carbonyl (C=O) groups is 1. The quantitative estimate of drug-likeness (QED) is 0.245. The van der Waals surface area contributed by atoms with Crippen LogP contribution in [0.4, 0.5) is 17.1 Å². The molecule has 0 unspecified atom stereocenters. The van der Waals surface area contributed by atoms with E-state index in [0.29, 0.717) is 11.4 Å². The van der Waals surface area contributed by atoms with Gasteiger partial charge in [-0.15, -0.1) is 0 Å². The van der Waals surface area contributed by atoms with Gasteiger partial charge in [-0.3, -0.25) is 0 Å². The average molecular weight is 479 g/mol. The lowest BCUT2D eigenvalue weighted by Gasteiger charge is -2.20. The van der Waals surface area contributed by atoms with Crippen LogP contribution in [0.3, 0.4) is 0 Å². The number of hydrogen-bond donors (Lipinski definition) is 0. The fourth-order valence-electron chi connectivity index (χ4n) is 2.83. The molecule has 34 heavy (non-hydrogen) atoms. The molecule has 0 amide bonds. The molecule has 0 aromatic heterocycles. The number of rotatable bonds is 8. The van der Waals surface area contributed by atoms with E-state index in [0.717, 1.165) is 15.6 Å². The van der Waals surface area contributed by atoms with Crippen molar-refractivity contribution >= 4 is 33.1 Å². The van der Waals surface area contributed by atoms with Gasteiger partial charge in [-0.1, -0.05) is 17.7 Å². The van der Waals surface area contributed by atoms with Crippen LogP contribution in [-0.2, 0) is 14.8 Å². The number of nitrogens with zero attached hydrogens (tertiary/aromatic N) is 4. The first-order valence-corrected chi connectivity index (χ1v) is 11.8. The maximum absolute atomic E-state index is 12.7. The summed E-state index contributed by atoms with van der Waals surface area (Å²) < 4.78 is 31.5. The molecule has 0 fully saturated rings. The summed E-state index contributed by atoms with van der Waals surface area (Å²) in [5.74, 6) is -1.05. The lowest BCUT2D eigenvalue weighted by atomic mass is 10.2. The molecule has 3 rings (SSSR count). The number of hydrogen-bond acceptors (Lipinski definition) is 7. The molecule has 0 bridgehead atoms. The molecule has 3 aromatic carbocycles. The van der Waals surface area contributed by atoms with Gasteiger partial charge in [0.15, 0.2) is 0 Å². The third-order valence-electron chi connectivity index (χ3n) is 4.99. The second-order valence-electron chi connectivity index (χ2n) is 7.73. The number of benzene rings is 3. The molecular weight excluding hydrogens is 452 g/mol. The van der Waals surface area contributed by atoms with E-state index in [2.05, 4.69) is 16.8 Å². The zero-order valence-corrected chi connectivity index (χ0v) is 20.3. The van der Waals surface area contributed by atoms with Crippen LogP contribution < -0.4 is 4.90 Å². The highest BCUT2D eigenvalue weighted by Gasteiger charge is 2.24. The van der Waals surface area contributed by atoms with E-state index < -0.39 is 16.0 Å². The summed E-state index contributed by atoms with van der Waals surface area (Å²) in [5.41, 5.74) is 3.45. The Kier molecular flexibility index (Phi) is 7.47. The standard InChI is InChI=1S/C25H26N4O4S/c1-18-6-16-24(17-7-18)34(31,32)29(5)19(2)33-25(30)20-8-10-21(11-9-20)26-27-22-12-14-23(15-13-22)28(3)4/h6-17H,2H2,1,3-5H3. The number of sulfonamides is 1. The molecule has 8 nitrogen and oxygen atoms in total. The van der Waals surface area contributed by atoms with Gasteiger partial charge in [0.1, 0.15) is 0 Å². The van der Waals surface area contributed by atoms with Crippen molar-refractivity contribution in [1.29, 1.82) is 0 Å². The van der Waals surface area contributed by atoms with E-state index in [-0.39, 0.29) is 16.3 Å². The van der Waals surface area contributed by atoms with Crippen LogP contribution in [0.15, 0.2) is 100 Å². The van der Waals surface area contributed by atoms with Crippen LogP contribution in [0.1, 0.15) is 15.9 Å². The Bertz CT molecular complexity index is 1300. The van der Waals surface area contributed by atoms with Gasteiger partial charge >= 0.3 is 5.97 Å². The second-order valence-corrected chi connectivity index (χ2v) is 9.70. The third-order valence-corrected chi connectivity index (χ3v) is 6.78. The van der Waals surface area contributed by atoms with Crippen LogP contribution in [0.5, 0.6) is 0 Å². The van der Waals surface area contributed by atoms with Crippen molar-refractivity contribution in [3.8, 4) is 0 Å². The Labute approximate surface area is 199 Å². The normalized spacial score (nSPS) is 11.3. The molecule has 0 saturated carbocycles. The number of carbonyl (C=O) groups excluding carboxylic acids is 1. The molecule has 0 radical (unpaired) electrons. The topological polar surface area (TPSA) is 91.6 Å². The molecule has 0 aliphatic rings. The molecule has 0 heterocycles. The Morgan fingerprint density at radius 1 is 0.824 bits per heavy atom. The van der Waals surface area contributed by atoms with Gasteiger partial charge in [0.2, 0.25) is 5.88 Å². The van der Waals surface area contributed by atoms with Gasteiger partial charge in [0.05, 0.1) is 21.8 Å². The average Bonchev–Trinajstić information content (AvgIpc) is 2.83. The van der Waals surface area contributed by atoms with Crippen molar-refractivity contribution in [2.45, 2.75) is 11.8 Å². The number of aryl methyl sites for hydroxylation is 1.